The van der Waals surface area contributed by atoms with E-state index in [-0.39, 0.29) is 29.8 Å². The molecule has 0 spiro atoms. The van der Waals surface area contributed by atoms with Crippen molar-refractivity contribution in [3.63, 3.8) is 0 Å². The number of pyridine rings is 1. The monoisotopic (exact) mass is 542 g/mol. The van der Waals surface area contributed by atoms with Gasteiger partial charge in [-0.2, -0.15) is 13.2 Å². The summed E-state index contributed by atoms with van der Waals surface area (Å²) < 4.78 is 55.3. The number of halogens is 4. The number of hydrogen-bond acceptors (Lipinski definition) is 8. The fourth-order valence-electron chi connectivity index (χ4n) is 3.59. The summed E-state index contributed by atoms with van der Waals surface area (Å²) in [4.78, 5) is 17.2. The lowest BCUT2D eigenvalue weighted by molar-refractivity contribution is -0.129. The number of aromatic nitrogens is 4. The number of fused-ring (bicyclic) bond motifs is 1. The highest BCUT2D eigenvalue weighted by Gasteiger charge is 2.29. The van der Waals surface area contributed by atoms with Crippen molar-refractivity contribution in [1.29, 1.82) is 0 Å². The van der Waals surface area contributed by atoms with Crippen LogP contribution in [0.25, 0.3) is 11.5 Å². The van der Waals surface area contributed by atoms with Crippen LogP contribution >= 0.6 is 11.9 Å². The van der Waals surface area contributed by atoms with Crippen LogP contribution in [0.15, 0.2) is 36.7 Å². The van der Waals surface area contributed by atoms with Gasteiger partial charge in [0.05, 0.1) is 24.6 Å². The van der Waals surface area contributed by atoms with Crippen LogP contribution in [0, 0.1) is 5.82 Å². The number of carbonyl (C=O) groups excluding carboxylic acids is 1. The minimum absolute atomic E-state index is 0.125. The van der Waals surface area contributed by atoms with E-state index in [1.165, 1.54) is 18.5 Å². The molecule has 0 saturated heterocycles. The summed E-state index contributed by atoms with van der Waals surface area (Å²) >= 11 is 1.05. The number of anilines is 1. The first kappa shape index (κ1) is 28.5. The molecule has 4 rings (SSSR count). The number of amides is 1. The number of aliphatic hydroxyl groups excluding tert-OH is 2. The van der Waals surface area contributed by atoms with Crippen LogP contribution in [0.1, 0.15) is 40.9 Å². The van der Waals surface area contributed by atoms with E-state index in [1.54, 1.807) is 34.0 Å². The topological polar surface area (TPSA) is 116 Å². The Bertz CT molecular complexity index is 1220. The van der Waals surface area contributed by atoms with Gasteiger partial charge in [0, 0.05) is 26.0 Å². The van der Waals surface area contributed by atoms with E-state index >= 15 is 0 Å². The van der Waals surface area contributed by atoms with Gasteiger partial charge in [-0.25, -0.2) is 13.7 Å². The summed E-state index contributed by atoms with van der Waals surface area (Å²) in [5, 5.41) is 26.9. The minimum Gasteiger partial charge on any atom is -0.400 e. The van der Waals surface area contributed by atoms with Crippen molar-refractivity contribution in [2.24, 2.45) is 0 Å². The maximum Gasteiger partial charge on any atom is 0.389 e. The van der Waals surface area contributed by atoms with Crippen LogP contribution in [0.3, 0.4) is 0 Å². The molecule has 1 atom stereocenters. The SMILES string of the molecule is CC(CO)n1cnnc1-c1cccc(NC(=O)c2cc3c(cc2F)CN(SCCC(F)(F)F)C3)n1.CO. The van der Waals surface area contributed by atoms with E-state index in [4.69, 9.17) is 5.11 Å². The highest BCUT2D eigenvalue weighted by molar-refractivity contribution is 7.96. The molecule has 3 heterocycles. The zero-order chi connectivity index (χ0) is 27.2. The Labute approximate surface area is 214 Å². The summed E-state index contributed by atoms with van der Waals surface area (Å²) in [5.74, 6) is -0.989. The van der Waals surface area contributed by atoms with E-state index in [2.05, 4.69) is 20.5 Å². The first-order valence-corrected chi connectivity index (χ1v) is 12.1. The molecule has 1 unspecified atom stereocenters. The normalized spacial score (nSPS) is 14.1. The zero-order valence-electron chi connectivity index (χ0n) is 20.0. The van der Waals surface area contributed by atoms with Crippen LogP contribution < -0.4 is 5.32 Å². The summed E-state index contributed by atoms with van der Waals surface area (Å²) in [7, 11) is 1.00. The van der Waals surface area contributed by atoms with Crippen molar-refractivity contribution in [1.82, 2.24) is 24.1 Å². The standard InChI is InChI=1S/C22H22F4N6O2S.CH4O/c1-13(11-33)32-12-27-30-20(32)18-3-2-4-19(28-18)29-21(34)16-7-14-9-31(10-15(14)8-17(16)23)35-6-5-22(24,25)26;1-2/h2-4,7-8,12-13,33H,5-6,9-11H2,1H3,(H,28,29,34);2H,1H3. The number of aliphatic hydroxyl groups is 2. The van der Waals surface area contributed by atoms with E-state index in [1.807, 2.05) is 0 Å². The van der Waals surface area contributed by atoms with Crippen LogP contribution in [0.2, 0.25) is 0 Å². The molecule has 37 heavy (non-hydrogen) atoms. The molecule has 200 valence electrons. The summed E-state index contributed by atoms with van der Waals surface area (Å²) in [6, 6.07) is 7.25. The molecule has 0 fully saturated rings. The average molecular weight is 543 g/mol. The van der Waals surface area contributed by atoms with Gasteiger partial charge in [-0.05, 0) is 42.3 Å². The third-order valence-corrected chi connectivity index (χ3v) is 6.43. The third-order valence-electron chi connectivity index (χ3n) is 5.42. The molecule has 1 aromatic carbocycles. The number of nitrogens with one attached hydrogen (secondary N) is 1. The van der Waals surface area contributed by atoms with E-state index in [0.717, 1.165) is 19.1 Å². The van der Waals surface area contributed by atoms with Crippen LogP contribution in [0.5, 0.6) is 0 Å². The maximum absolute atomic E-state index is 14.7. The molecule has 3 aromatic rings. The highest BCUT2D eigenvalue weighted by Crippen LogP contribution is 2.32. The van der Waals surface area contributed by atoms with Crippen LogP contribution in [-0.2, 0) is 13.1 Å². The molecular formula is C23H26F4N6O3S. The Morgan fingerprint density at radius 3 is 2.59 bits per heavy atom. The van der Waals surface area contributed by atoms with Crippen LogP contribution in [0.4, 0.5) is 23.4 Å². The van der Waals surface area contributed by atoms with Crippen molar-refractivity contribution in [2.45, 2.75) is 38.7 Å². The summed E-state index contributed by atoms with van der Waals surface area (Å²) in [6.45, 7) is 2.26. The summed E-state index contributed by atoms with van der Waals surface area (Å²) in [5.41, 5.74) is 1.54. The zero-order valence-corrected chi connectivity index (χ0v) is 20.9. The van der Waals surface area contributed by atoms with Gasteiger partial charge in [-0.15, -0.1) is 10.2 Å². The number of hydrogen-bond donors (Lipinski definition) is 3. The first-order valence-electron chi connectivity index (χ1n) is 11.1. The lowest BCUT2D eigenvalue weighted by Gasteiger charge is -2.14. The third kappa shape index (κ3) is 7.25. The lowest BCUT2D eigenvalue weighted by Crippen LogP contribution is -2.16. The first-order chi connectivity index (χ1) is 17.6. The van der Waals surface area contributed by atoms with E-state index < -0.39 is 24.3 Å². The molecule has 14 heteroatoms. The van der Waals surface area contributed by atoms with Gasteiger partial charge in [-0.1, -0.05) is 18.0 Å². The average Bonchev–Trinajstić information content (AvgIpc) is 3.50. The molecule has 3 N–H and O–H groups in total. The predicted octanol–water partition coefficient (Wildman–Crippen LogP) is 3.81. The Hall–Kier alpha value is -3.07. The number of carbonyl (C=O) groups is 1. The van der Waals surface area contributed by atoms with Crippen molar-refractivity contribution in [3.05, 3.63) is 59.2 Å². The van der Waals surface area contributed by atoms with E-state index in [0.29, 0.717) is 35.7 Å². The van der Waals surface area contributed by atoms with E-state index in [9.17, 15) is 27.5 Å². The number of alkyl halides is 3. The predicted molar refractivity (Wildman–Crippen MR) is 130 cm³/mol. The van der Waals surface area contributed by atoms with Gasteiger partial charge in [0.25, 0.3) is 5.91 Å². The second-order valence-corrected chi connectivity index (χ2v) is 9.24. The Balaban J connectivity index is 0.00000186. The maximum atomic E-state index is 14.7. The fourth-order valence-corrected chi connectivity index (χ4v) is 4.64. The number of benzene rings is 1. The summed E-state index contributed by atoms with van der Waals surface area (Å²) in [6.07, 6.45) is -3.67. The van der Waals surface area contributed by atoms with Crippen molar-refractivity contribution in [3.8, 4) is 11.5 Å². The molecule has 9 nitrogen and oxygen atoms in total. The fraction of sp³-hybridized carbons (Fsp3) is 0.391. The van der Waals surface area contributed by atoms with Gasteiger partial charge >= 0.3 is 6.18 Å². The molecule has 1 aliphatic heterocycles. The molecular weight excluding hydrogens is 516 g/mol. The van der Waals surface area contributed by atoms with Crippen LogP contribution in [-0.4, -0.2) is 65.8 Å². The smallest absolute Gasteiger partial charge is 0.389 e. The molecule has 2 aromatic heterocycles. The van der Waals surface area contributed by atoms with Crippen molar-refractivity contribution in [2.75, 3.05) is 24.8 Å². The molecule has 0 radical (unpaired) electrons. The quantitative estimate of drug-likeness (QED) is 0.291. The van der Waals surface area contributed by atoms with Crippen molar-refractivity contribution >= 4 is 23.7 Å². The number of rotatable bonds is 8. The lowest BCUT2D eigenvalue weighted by atomic mass is 10.1. The van der Waals surface area contributed by atoms with Gasteiger partial charge in [-0.3, -0.25) is 4.79 Å². The second-order valence-electron chi connectivity index (χ2n) is 8.05. The molecule has 1 amide bonds. The highest BCUT2D eigenvalue weighted by atomic mass is 32.2. The van der Waals surface area contributed by atoms with Gasteiger partial charge in [0.1, 0.15) is 23.7 Å². The van der Waals surface area contributed by atoms with Gasteiger partial charge in [0.2, 0.25) is 0 Å². The molecule has 0 saturated carbocycles. The van der Waals surface area contributed by atoms with Crippen molar-refractivity contribution < 1.29 is 32.6 Å². The molecule has 0 bridgehead atoms. The molecule has 1 aliphatic rings. The number of nitrogens with zero attached hydrogens (tertiary/aromatic N) is 5. The Kier molecular flexibility index (Phi) is 9.59. The Morgan fingerprint density at radius 2 is 1.92 bits per heavy atom. The minimum atomic E-state index is -4.23. The molecule has 0 aliphatic carbocycles. The Morgan fingerprint density at radius 1 is 1.22 bits per heavy atom. The van der Waals surface area contributed by atoms with Gasteiger partial charge < -0.3 is 20.1 Å². The van der Waals surface area contributed by atoms with Gasteiger partial charge in [0.15, 0.2) is 5.82 Å². The second kappa shape index (κ2) is 12.4. The largest absolute Gasteiger partial charge is 0.400 e.